The van der Waals surface area contributed by atoms with Gasteiger partial charge in [-0.05, 0) is 51.0 Å². The smallest absolute Gasteiger partial charge is 0.493 e. The molecule has 2 nitrogen and oxygen atoms in total. The molecule has 2 aromatic rings. The van der Waals surface area contributed by atoms with E-state index in [0.29, 0.717) is 0 Å². The van der Waals surface area contributed by atoms with Gasteiger partial charge in [-0.25, -0.2) is 4.70 Å². The summed E-state index contributed by atoms with van der Waals surface area (Å²) in [6.45, 7) is 6.40. The molecule has 1 aliphatic heterocycles. The summed E-state index contributed by atoms with van der Waals surface area (Å²) in [5.74, 6) is 0. The zero-order valence-corrected chi connectivity index (χ0v) is 19.4. The molecule has 0 spiro atoms. The van der Waals surface area contributed by atoms with Gasteiger partial charge in [0.15, 0.2) is 0 Å². The second-order valence-corrected chi connectivity index (χ2v) is 7.26. The van der Waals surface area contributed by atoms with Crippen LogP contribution in [0.4, 0.5) is 0 Å². The number of aryl methyl sites for hydroxylation is 2. The van der Waals surface area contributed by atoms with Crippen LogP contribution in [0.15, 0.2) is 60.2 Å². The summed E-state index contributed by atoms with van der Waals surface area (Å²) >= 11 is 0. The summed E-state index contributed by atoms with van der Waals surface area (Å²) in [4.78, 5) is 0. The number of rotatable bonds is 7. The van der Waals surface area contributed by atoms with Gasteiger partial charge in [-0.2, -0.15) is 0 Å². The van der Waals surface area contributed by atoms with Gasteiger partial charge >= 0.3 is 16.5 Å². The van der Waals surface area contributed by atoms with E-state index in [2.05, 4.69) is 75.4 Å². The molecule has 29 heavy (non-hydrogen) atoms. The van der Waals surface area contributed by atoms with E-state index < -0.39 is 0 Å². The van der Waals surface area contributed by atoms with Crippen molar-refractivity contribution in [3.05, 3.63) is 103 Å². The molecular weight excluding hydrogens is 399 g/mol. The molecule has 0 saturated heterocycles. The Kier molecular flexibility index (Phi) is 11.7. The first kappa shape index (κ1) is 27.0. The second kappa shape index (κ2) is 12.5. The largest absolute Gasteiger partial charge is 2.00 e. The Labute approximate surface area is 188 Å². The van der Waals surface area contributed by atoms with Gasteiger partial charge in [-0.1, -0.05) is 61.6 Å². The third-order valence-corrected chi connectivity index (χ3v) is 5.03. The molecule has 158 valence electrons. The van der Waals surface area contributed by atoms with Crippen molar-refractivity contribution >= 4 is 11.4 Å². The minimum Gasteiger partial charge on any atom is -0.493 e. The third kappa shape index (κ3) is 6.51. The standard InChI is InChI=1S/C24H28N2.2CH3.Ni/c1-4-5-6-7-8-22-17-23(20-13-9-18(2)10-14-20)26(25)24(22)21-15-11-19(3)12-16-21;;;/h9-17H,4-8H2,1-3H3;2*1H3;/q;2*-1;+2. The summed E-state index contributed by atoms with van der Waals surface area (Å²) in [5, 5.41) is 0. The predicted octanol–water partition coefficient (Wildman–Crippen LogP) is 7.97. The number of allylic oxidation sites excluding steroid dienone is 2. The quantitative estimate of drug-likeness (QED) is 0.183. The van der Waals surface area contributed by atoms with E-state index in [9.17, 15) is 5.53 Å². The molecule has 0 N–H and O–H groups in total. The van der Waals surface area contributed by atoms with Crippen molar-refractivity contribution in [2.75, 3.05) is 0 Å². The Morgan fingerprint density at radius 2 is 1.28 bits per heavy atom. The number of hydrogen-bond donors (Lipinski definition) is 0. The van der Waals surface area contributed by atoms with Crippen molar-refractivity contribution < 1.29 is 21.2 Å². The maximum atomic E-state index is 11.0. The van der Waals surface area contributed by atoms with Crippen LogP contribution in [0, 0.1) is 28.7 Å². The fraction of sp³-hybridized carbons (Fsp3) is 0.308. The summed E-state index contributed by atoms with van der Waals surface area (Å²) in [5.41, 5.74) is 18.6. The molecule has 1 heterocycles. The molecule has 0 aliphatic carbocycles. The first-order valence-electron chi connectivity index (χ1n) is 9.68. The number of hydrogen-bond acceptors (Lipinski definition) is 0. The third-order valence-electron chi connectivity index (χ3n) is 5.03. The van der Waals surface area contributed by atoms with Crippen molar-refractivity contribution in [2.45, 2.75) is 52.9 Å². The minimum absolute atomic E-state index is 0. The van der Waals surface area contributed by atoms with E-state index in [-0.39, 0.29) is 31.3 Å². The Morgan fingerprint density at radius 3 is 1.79 bits per heavy atom. The van der Waals surface area contributed by atoms with E-state index in [1.54, 1.807) is 0 Å². The van der Waals surface area contributed by atoms with E-state index >= 15 is 0 Å². The van der Waals surface area contributed by atoms with Crippen molar-refractivity contribution in [1.29, 1.82) is 0 Å². The molecular formula is C26H34N2Ni. The maximum Gasteiger partial charge on any atom is 2.00 e. The van der Waals surface area contributed by atoms with Crippen LogP contribution in [0.3, 0.4) is 0 Å². The van der Waals surface area contributed by atoms with Gasteiger partial charge < -0.3 is 20.4 Å². The van der Waals surface area contributed by atoms with Crippen LogP contribution in [-0.2, 0) is 16.5 Å². The van der Waals surface area contributed by atoms with E-state index in [4.69, 9.17) is 0 Å². The molecule has 0 bridgehead atoms. The van der Waals surface area contributed by atoms with Gasteiger partial charge in [0.25, 0.3) is 0 Å². The molecule has 0 unspecified atom stereocenters. The van der Waals surface area contributed by atoms with Gasteiger partial charge in [0.05, 0.1) is 0 Å². The Morgan fingerprint density at radius 1 is 0.759 bits per heavy atom. The zero-order chi connectivity index (χ0) is 18.5. The van der Waals surface area contributed by atoms with E-state index in [0.717, 1.165) is 35.4 Å². The Hall–Kier alpha value is -1.99. The van der Waals surface area contributed by atoms with Crippen LogP contribution in [0.1, 0.15) is 61.3 Å². The SMILES string of the molecule is CCCCCCC1=C(c2ccc(C)cc2)[N+](=[N-])C(c2ccc(C)cc2)=C1.[CH3-].[CH3-].[Ni+2]. The molecule has 0 atom stereocenters. The summed E-state index contributed by atoms with van der Waals surface area (Å²) in [6, 6.07) is 16.8. The summed E-state index contributed by atoms with van der Waals surface area (Å²) in [6.07, 6.45) is 8.05. The average Bonchev–Trinajstić information content (AvgIpc) is 2.97. The topological polar surface area (TPSA) is 25.3 Å². The van der Waals surface area contributed by atoms with Crippen LogP contribution in [-0.4, -0.2) is 4.70 Å². The van der Waals surface area contributed by atoms with Crippen molar-refractivity contribution in [2.24, 2.45) is 0 Å². The van der Waals surface area contributed by atoms with Crippen molar-refractivity contribution in [1.82, 2.24) is 0 Å². The fourth-order valence-corrected chi connectivity index (χ4v) is 3.43. The molecule has 1 aliphatic rings. The number of benzene rings is 2. The predicted molar refractivity (Wildman–Crippen MR) is 122 cm³/mol. The molecule has 2 aromatic carbocycles. The molecule has 0 saturated carbocycles. The number of nitrogens with zero attached hydrogens (tertiary/aromatic N) is 2. The Bertz CT molecular complexity index is 843. The van der Waals surface area contributed by atoms with Gasteiger partial charge in [0.1, 0.15) is 0 Å². The van der Waals surface area contributed by atoms with Crippen molar-refractivity contribution in [3.63, 3.8) is 0 Å². The molecule has 0 amide bonds. The second-order valence-electron chi connectivity index (χ2n) is 7.26. The van der Waals surface area contributed by atoms with Crippen LogP contribution in [0.5, 0.6) is 0 Å². The zero-order valence-electron chi connectivity index (χ0n) is 18.4. The van der Waals surface area contributed by atoms with E-state index in [1.165, 1.54) is 40.7 Å². The minimum atomic E-state index is 0. The maximum absolute atomic E-state index is 11.0. The van der Waals surface area contributed by atoms with Crippen molar-refractivity contribution in [3.8, 4) is 0 Å². The average molecular weight is 433 g/mol. The summed E-state index contributed by atoms with van der Waals surface area (Å²) in [7, 11) is 0. The van der Waals surface area contributed by atoms with Gasteiger partial charge in [-0.3, -0.25) is 0 Å². The monoisotopic (exact) mass is 432 g/mol. The van der Waals surface area contributed by atoms with Gasteiger partial charge in [0.2, 0.25) is 11.4 Å². The molecule has 3 heteroatoms. The molecule has 3 rings (SSSR count). The van der Waals surface area contributed by atoms with Crippen LogP contribution >= 0.6 is 0 Å². The Balaban J connectivity index is 0.00000261. The van der Waals surface area contributed by atoms with Gasteiger partial charge in [-0.15, -0.1) is 0 Å². The first-order valence-corrected chi connectivity index (χ1v) is 9.68. The van der Waals surface area contributed by atoms with Crippen LogP contribution in [0.2, 0.25) is 0 Å². The molecule has 0 radical (unpaired) electrons. The molecule has 0 aromatic heterocycles. The number of unbranched alkanes of at least 4 members (excludes halogenated alkanes) is 3. The van der Waals surface area contributed by atoms with E-state index in [1.807, 2.05) is 0 Å². The van der Waals surface area contributed by atoms with Gasteiger partial charge in [0, 0.05) is 22.8 Å². The summed E-state index contributed by atoms with van der Waals surface area (Å²) < 4.78 is 1.38. The molecule has 0 fully saturated rings. The first-order chi connectivity index (χ1) is 12.6. The van der Waals surface area contributed by atoms with Crippen LogP contribution in [0.25, 0.3) is 16.9 Å². The normalized spacial score (nSPS) is 12.7. The fourth-order valence-electron chi connectivity index (χ4n) is 3.43. The van der Waals surface area contributed by atoms with Crippen LogP contribution < -0.4 is 0 Å².